The lowest BCUT2D eigenvalue weighted by Gasteiger charge is -2.38. The van der Waals surface area contributed by atoms with Crippen molar-refractivity contribution >= 4 is 0 Å². The summed E-state index contributed by atoms with van der Waals surface area (Å²) in [6.45, 7) is 2.15. The van der Waals surface area contributed by atoms with Gasteiger partial charge in [-0.15, -0.1) is 0 Å². The first-order valence-electron chi connectivity index (χ1n) is 20.9. The van der Waals surface area contributed by atoms with E-state index in [2.05, 4.69) is 91.9 Å². The molecule has 10 aromatic rings. The molecule has 298 valence electrons. The Labute approximate surface area is 365 Å². The molecule has 1 aliphatic rings. The van der Waals surface area contributed by atoms with Crippen molar-refractivity contribution in [3.63, 3.8) is 0 Å². The molecule has 0 N–H and O–H groups in total. The molecule has 1 unspecified atom stereocenters. The highest BCUT2D eigenvalue weighted by Gasteiger charge is 2.38. The van der Waals surface area contributed by atoms with Gasteiger partial charge in [-0.1, -0.05) is 200 Å². The number of hydrogen-bond donors (Lipinski definition) is 0. The molecule has 0 amide bonds. The first-order valence-corrected chi connectivity index (χ1v) is 20.9. The number of hydrogen-bond acceptors (Lipinski definition) is 7. The number of rotatable bonds is 8. The van der Waals surface area contributed by atoms with Crippen molar-refractivity contribution in [1.82, 2.24) is 29.9 Å². The number of nitrogens with zero attached hydrogens (tertiary/aromatic N) is 6. The summed E-state index contributed by atoms with van der Waals surface area (Å²) in [5.74, 6) is 4.12. The highest BCUT2D eigenvalue weighted by atomic mass is 16.5. The summed E-state index contributed by atoms with van der Waals surface area (Å²) in [6, 6.07) is 71.8. The SMILES string of the molecule is CC1(c2ccccc2)Oc2cc(-c3ccc(-c4nc(-c5ccccc5)nc(-c5ccccc5)n4)cc3-c3nc(-c4ccccc4)nc(-c4ccccc4)n3)ccc2-c2ccccc21. The van der Waals surface area contributed by atoms with E-state index in [1.807, 2.05) is 127 Å². The van der Waals surface area contributed by atoms with E-state index in [0.717, 1.165) is 72.5 Å². The molecule has 8 aromatic carbocycles. The Hall–Kier alpha value is -8.42. The Kier molecular flexibility index (Phi) is 9.47. The van der Waals surface area contributed by atoms with Crippen LogP contribution in [0.2, 0.25) is 0 Å². The van der Waals surface area contributed by atoms with Crippen molar-refractivity contribution in [2.24, 2.45) is 0 Å². The number of benzene rings is 8. The maximum absolute atomic E-state index is 7.13. The van der Waals surface area contributed by atoms with Crippen molar-refractivity contribution in [2.45, 2.75) is 12.5 Å². The van der Waals surface area contributed by atoms with E-state index in [1.54, 1.807) is 0 Å². The van der Waals surface area contributed by atoms with Crippen LogP contribution >= 0.6 is 0 Å². The largest absolute Gasteiger partial charge is 0.477 e. The molecule has 0 radical (unpaired) electrons. The number of aromatic nitrogens is 6. The molecule has 2 aromatic heterocycles. The minimum Gasteiger partial charge on any atom is -0.477 e. The van der Waals surface area contributed by atoms with Crippen LogP contribution in [0.5, 0.6) is 5.75 Å². The topological polar surface area (TPSA) is 86.6 Å². The summed E-state index contributed by atoms with van der Waals surface area (Å²) in [6.07, 6.45) is 0. The van der Waals surface area contributed by atoms with Crippen molar-refractivity contribution in [2.75, 3.05) is 0 Å². The number of fused-ring (bicyclic) bond motifs is 3. The highest BCUT2D eigenvalue weighted by Crippen LogP contribution is 2.50. The van der Waals surface area contributed by atoms with E-state index < -0.39 is 5.60 Å². The van der Waals surface area contributed by atoms with E-state index >= 15 is 0 Å². The fourth-order valence-corrected chi connectivity index (χ4v) is 8.36. The summed E-state index contributed by atoms with van der Waals surface area (Å²) in [5, 5.41) is 0. The molecule has 11 rings (SSSR count). The lowest BCUT2D eigenvalue weighted by molar-refractivity contribution is 0.129. The van der Waals surface area contributed by atoms with Crippen LogP contribution in [-0.2, 0) is 5.60 Å². The van der Waals surface area contributed by atoms with Crippen molar-refractivity contribution in [3.05, 3.63) is 223 Å². The minimum absolute atomic E-state index is 0.512. The maximum Gasteiger partial charge on any atom is 0.164 e. The van der Waals surface area contributed by atoms with Crippen LogP contribution in [0.3, 0.4) is 0 Å². The first kappa shape index (κ1) is 37.6. The fraction of sp³-hybridized carbons (Fsp3) is 0.0357. The van der Waals surface area contributed by atoms with Crippen molar-refractivity contribution < 1.29 is 4.74 Å². The zero-order chi connectivity index (χ0) is 42.2. The third-order valence-corrected chi connectivity index (χ3v) is 11.6. The molecule has 63 heavy (non-hydrogen) atoms. The smallest absolute Gasteiger partial charge is 0.164 e. The summed E-state index contributed by atoms with van der Waals surface area (Å²) < 4.78 is 7.13. The molecular weight excluding hydrogens is 773 g/mol. The second-order valence-corrected chi connectivity index (χ2v) is 15.6. The van der Waals surface area contributed by atoms with Crippen molar-refractivity contribution in [3.8, 4) is 96.3 Å². The van der Waals surface area contributed by atoms with Crippen LogP contribution in [0.25, 0.3) is 90.6 Å². The zero-order valence-electron chi connectivity index (χ0n) is 34.3. The van der Waals surface area contributed by atoms with Gasteiger partial charge in [0, 0.05) is 44.5 Å². The predicted molar refractivity (Wildman–Crippen MR) is 250 cm³/mol. The molecule has 0 bridgehead atoms. The molecular formula is C56H38N6O. The van der Waals surface area contributed by atoms with Gasteiger partial charge in [0.1, 0.15) is 5.75 Å². The molecule has 0 aliphatic carbocycles. The molecule has 1 atom stereocenters. The van der Waals surface area contributed by atoms with Gasteiger partial charge in [0.15, 0.2) is 40.5 Å². The average Bonchev–Trinajstić information content (AvgIpc) is 3.37. The van der Waals surface area contributed by atoms with Gasteiger partial charge in [0.25, 0.3) is 0 Å². The molecule has 0 fully saturated rings. The molecule has 1 aliphatic heterocycles. The molecule has 0 saturated carbocycles. The van der Waals surface area contributed by atoms with Gasteiger partial charge in [-0.2, -0.15) is 0 Å². The van der Waals surface area contributed by atoms with Gasteiger partial charge in [0.05, 0.1) is 0 Å². The second-order valence-electron chi connectivity index (χ2n) is 15.6. The van der Waals surface area contributed by atoms with Crippen LogP contribution in [-0.4, -0.2) is 29.9 Å². The third kappa shape index (κ3) is 7.11. The summed E-state index contributed by atoms with van der Waals surface area (Å²) in [7, 11) is 0. The van der Waals surface area contributed by atoms with E-state index in [-0.39, 0.29) is 0 Å². The molecule has 7 heteroatoms. The monoisotopic (exact) mass is 810 g/mol. The van der Waals surface area contributed by atoms with Gasteiger partial charge in [-0.25, -0.2) is 29.9 Å². The minimum atomic E-state index is -0.717. The lowest BCUT2D eigenvalue weighted by atomic mass is 9.80. The fourth-order valence-electron chi connectivity index (χ4n) is 8.36. The van der Waals surface area contributed by atoms with Crippen LogP contribution in [0.15, 0.2) is 212 Å². The predicted octanol–water partition coefficient (Wildman–Crippen LogP) is 13.0. The van der Waals surface area contributed by atoms with Crippen LogP contribution < -0.4 is 4.74 Å². The normalized spacial score (nSPS) is 14.0. The van der Waals surface area contributed by atoms with E-state index in [1.165, 1.54) is 0 Å². The maximum atomic E-state index is 7.13. The van der Waals surface area contributed by atoms with E-state index in [0.29, 0.717) is 34.9 Å². The van der Waals surface area contributed by atoms with Gasteiger partial charge < -0.3 is 4.74 Å². The van der Waals surface area contributed by atoms with Crippen LogP contribution in [0, 0.1) is 0 Å². The van der Waals surface area contributed by atoms with E-state index in [4.69, 9.17) is 34.6 Å². The summed E-state index contributed by atoms with van der Waals surface area (Å²) in [5.41, 5.74) is 10.6. The third-order valence-electron chi connectivity index (χ3n) is 11.6. The van der Waals surface area contributed by atoms with E-state index in [9.17, 15) is 0 Å². The highest BCUT2D eigenvalue weighted by molar-refractivity contribution is 5.88. The van der Waals surface area contributed by atoms with Gasteiger partial charge in [-0.05, 0) is 41.3 Å². The Balaban J connectivity index is 1.14. The molecule has 7 nitrogen and oxygen atoms in total. The second kappa shape index (κ2) is 15.9. The summed E-state index contributed by atoms with van der Waals surface area (Å²) in [4.78, 5) is 30.6. The average molecular weight is 811 g/mol. The van der Waals surface area contributed by atoms with Gasteiger partial charge in [-0.3, -0.25) is 0 Å². The quantitative estimate of drug-likeness (QED) is 0.151. The number of ether oxygens (including phenoxy) is 1. The Morgan fingerprint density at radius 2 is 0.698 bits per heavy atom. The first-order chi connectivity index (χ1) is 31.1. The van der Waals surface area contributed by atoms with Gasteiger partial charge in [0.2, 0.25) is 0 Å². The molecule has 0 spiro atoms. The van der Waals surface area contributed by atoms with Crippen molar-refractivity contribution in [1.29, 1.82) is 0 Å². The molecule has 0 saturated heterocycles. The lowest BCUT2D eigenvalue weighted by Crippen LogP contribution is -2.34. The standard InChI is InChI=1S/C56H38N6O/c1-56(43-27-15-6-16-28-43)48-30-18-17-29-45(48)46-34-31-41(36-49(46)63-56)44-33-32-42(54-59-50(37-19-7-2-8-20-37)57-51(60-54)38-21-9-3-10-22-38)35-47(44)55-61-52(39-23-11-4-12-24-39)58-53(62-55)40-25-13-5-14-26-40/h2-36H,1H3. The Bertz CT molecular complexity index is 3140. The van der Waals surface area contributed by atoms with Crippen LogP contribution in [0.1, 0.15) is 18.1 Å². The Morgan fingerprint density at radius 3 is 1.21 bits per heavy atom. The molecule has 3 heterocycles. The Morgan fingerprint density at radius 1 is 0.302 bits per heavy atom. The van der Waals surface area contributed by atoms with Crippen LogP contribution in [0.4, 0.5) is 0 Å². The van der Waals surface area contributed by atoms with Gasteiger partial charge >= 0.3 is 0 Å². The summed E-state index contributed by atoms with van der Waals surface area (Å²) >= 11 is 0. The zero-order valence-corrected chi connectivity index (χ0v) is 34.3.